The number of para-hydroxylation sites is 2. The Morgan fingerprint density at radius 2 is 1.95 bits per heavy atom. The zero-order valence-corrected chi connectivity index (χ0v) is 10.7. The van der Waals surface area contributed by atoms with Gasteiger partial charge in [0.25, 0.3) is 0 Å². The molecule has 0 saturated carbocycles. The van der Waals surface area contributed by atoms with Gasteiger partial charge in [-0.15, -0.1) is 0 Å². The third kappa shape index (κ3) is 1.93. The van der Waals surface area contributed by atoms with Crippen molar-refractivity contribution >= 4 is 16.9 Å². The maximum Gasteiger partial charge on any atom is 0.163 e. The van der Waals surface area contributed by atoms with E-state index in [1.165, 1.54) is 0 Å². The SMILES string of the molecule is CCCn1c(-c2nccnc2N)nc2ccccc21. The molecule has 3 aromatic rings. The minimum atomic E-state index is 0.412. The summed E-state index contributed by atoms with van der Waals surface area (Å²) in [7, 11) is 0. The lowest BCUT2D eigenvalue weighted by molar-refractivity contribution is 0.702. The van der Waals surface area contributed by atoms with E-state index in [2.05, 4.69) is 32.5 Å². The number of benzene rings is 1. The van der Waals surface area contributed by atoms with Crippen molar-refractivity contribution in [2.75, 3.05) is 5.73 Å². The summed E-state index contributed by atoms with van der Waals surface area (Å²) in [5.41, 5.74) is 8.61. The molecule has 0 amide bonds. The van der Waals surface area contributed by atoms with Crippen LogP contribution >= 0.6 is 0 Å². The Labute approximate surface area is 111 Å². The van der Waals surface area contributed by atoms with E-state index in [-0.39, 0.29) is 0 Å². The monoisotopic (exact) mass is 253 g/mol. The average Bonchev–Trinajstić information content (AvgIpc) is 2.79. The van der Waals surface area contributed by atoms with E-state index in [4.69, 9.17) is 5.73 Å². The number of imidazole rings is 1. The van der Waals surface area contributed by atoms with Crippen molar-refractivity contribution in [1.82, 2.24) is 19.5 Å². The molecular formula is C14H15N5. The van der Waals surface area contributed by atoms with E-state index in [9.17, 15) is 0 Å². The highest BCUT2D eigenvalue weighted by atomic mass is 15.1. The van der Waals surface area contributed by atoms with Crippen molar-refractivity contribution in [2.24, 2.45) is 0 Å². The first-order valence-corrected chi connectivity index (χ1v) is 6.33. The Morgan fingerprint density at radius 3 is 2.74 bits per heavy atom. The summed E-state index contributed by atoms with van der Waals surface area (Å²) in [4.78, 5) is 13.0. The molecule has 0 bridgehead atoms. The molecule has 0 atom stereocenters. The number of aromatic nitrogens is 4. The van der Waals surface area contributed by atoms with E-state index < -0.39 is 0 Å². The minimum absolute atomic E-state index is 0.412. The van der Waals surface area contributed by atoms with Crippen LogP contribution in [0.4, 0.5) is 5.82 Å². The van der Waals surface area contributed by atoms with Crippen molar-refractivity contribution in [3.63, 3.8) is 0 Å². The number of fused-ring (bicyclic) bond motifs is 1. The maximum atomic E-state index is 5.91. The lowest BCUT2D eigenvalue weighted by Gasteiger charge is -2.08. The van der Waals surface area contributed by atoms with Crippen molar-refractivity contribution in [3.8, 4) is 11.5 Å². The lowest BCUT2D eigenvalue weighted by atomic mass is 10.3. The molecule has 2 aromatic heterocycles. The molecule has 5 heteroatoms. The van der Waals surface area contributed by atoms with E-state index in [0.29, 0.717) is 11.5 Å². The van der Waals surface area contributed by atoms with Crippen LogP contribution in [0.5, 0.6) is 0 Å². The van der Waals surface area contributed by atoms with Gasteiger partial charge in [0.15, 0.2) is 11.6 Å². The molecule has 0 unspecified atom stereocenters. The summed E-state index contributed by atoms with van der Waals surface area (Å²) < 4.78 is 2.15. The smallest absolute Gasteiger partial charge is 0.163 e. The normalized spacial score (nSPS) is 11.0. The van der Waals surface area contributed by atoms with Gasteiger partial charge in [0.2, 0.25) is 0 Å². The van der Waals surface area contributed by atoms with Crippen LogP contribution in [0.15, 0.2) is 36.7 Å². The highest BCUT2D eigenvalue weighted by molar-refractivity contribution is 5.81. The van der Waals surface area contributed by atoms with E-state index in [0.717, 1.165) is 29.8 Å². The van der Waals surface area contributed by atoms with Crippen molar-refractivity contribution < 1.29 is 0 Å². The molecule has 0 radical (unpaired) electrons. The van der Waals surface area contributed by atoms with Crippen LogP contribution in [0.1, 0.15) is 13.3 Å². The predicted molar refractivity (Wildman–Crippen MR) is 75.5 cm³/mol. The van der Waals surface area contributed by atoms with Gasteiger partial charge in [-0.2, -0.15) is 0 Å². The molecule has 3 rings (SSSR count). The molecule has 0 aliphatic heterocycles. The third-order valence-electron chi connectivity index (χ3n) is 3.04. The van der Waals surface area contributed by atoms with Crippen molar-refractivity contribution in [2.45, 2.75) is 19.9 Å². The number of nitrogens with zero attached hydrogens (tertiary/aromatic N) is 4. The first kappa shape index (κ1) is 11.6. The molecule has 0 aliphatic carbocycles. The van der Waals surface area contributed by atoms with Gasteiger partial charge < -0.3 is 10.3 Å². The van der Waals surface area contributed by atoms with Gasteiger partial charge in [0, 0.05) is 18.9 Å². The van der Waals surface area contributed by atoms with Gasteiger partial charge in [-0.05, 0) is 18.6 Å². The Morgan fingerprint density at radius 1 is 1.16 bits per heavy atom. The number of hydrogen-bond acceptors (Lipinski definition) is 4. The summed E-state index contributed by atoms with van der Waals surface area (Å²) in [6, 6.07) is 8.06. The number of nitrogen functional groups attached to an aromatic ring is 1. The molecule has 19 heavy (non-hydrogen) atoms. The molecule has 0 saturated heterocycles. The Balaban J connectivity index is 2.28. The largest absolute Gasteiger partial charge is 0.382 e. The number of aryl methyl sites for hydroxylation is 1. The molecule has 0 aliphatic rings. The molecule has 2 heterocycles. The van der Waals surface area contributed by atoms with Gasteiger partial charge in [0.1, 0.15) is 5.69 Å². The van der Waals surface area contributed by atoms with Gasteiger partial charge in [-0.1, -0.05) is 19.1 Å². The van der Waals surface area contributed by atoms with E-state index in [1.807, 2.05) is 18.2 Å². The second-order valence-corrected chi connectivity index (χ2v) is 4.37. The second kappa shape index (κ2) is 4.68. The molecule has 5 nitrogen and oxygen atoms in total. The number of rotatable bonds is 3. The zero-order chi connectivity index (χ0) is 13.2. The third-order valence-corrected chi connectivity index (χ3v) is 3.04. The van der Waals surface area contributed by atoms with Crippen LogP contribution in [-0.2, 0) is 6.54 Å². The van der Waals surface area contributed by atoms with Gasteiger partial charge in [-0.25, -0.2) is 15.0 Å². The van der Waals surface area contributed by atoms with Crippen LogP contribution in [0, 0.1) is 0 Å². The van der Waals surface area contributed by atoms with E-state index >= 15 is 0 Å². The first-order chi connectivity index (χ1) is 9.31. The molecular weight excluding hydrogens is 238 g/mol. The van der Waals surface area contributed by atoms with Crippen LogP contribution in [0.25, 0.3) is 22.6 Å². The highest BCUT2D eigenvalue weighted by Gasteiger charge is 2.15. The fourth-order valence-corrected chi connectivity index (χ4v) is 2.23. The summed E-state index contributed by atoms with van der Waals surface area (Å²) in [6.45, 7) is 3.02. The fraction of sp³-hybridized carbons (Fsp3) is 0.214. The Kier molecular flexibility index (Phi) is 2.87. The number of anilines is 1. The van der Waals surface area contributed by atoms with Crippen LogP contribution < -0.4 is 5.73 Å². The fourth-order valence-electron chi connectivity index (χ4n) is 2.23. The minimum Gasteiger partial charge on any atom is -0.382 e. The molecule has 0 fully saturated rings. The summed E-state index contributed by atoms with van der Waals surface area (Å²) in [5, 5.41) is 0. The Bertz CT molecular complexity index is 717. The average molecular weight is 253 g/mol. The van der Waals surface area contributed by atoms with E-state index in [1.54, 1.807) is 12.4 Å². The quantitative estimate of drug-likeness (QED) is 0.778. The highest BCUT2D eigenvalue weighted by Crippen LogP contribution is 2.26. The van der Waals surface area contributed by atoms with Gasteiger partial charge >= 0.3 is 0 Å². The Hall–Kier alpha value is -2.43. The zero-order valence-electron chi connectivity index (χ0n) is 10.7. The summed E-state index contributed by atoms with van der Waals surface area (Å²) in [5.74, 6) is 1.20. The van der Waals surface area contributed by atoms with Crippen LogP contribution in [0.3, 0.4) is 0 Å². The van der Waals surface area contributed by atoms with Crippen LogP contribution in [-0.4, -0.2) is 19.5 Å². The standard InChI is InChI=1S/C14H15N5/c1-2-9-19-11-6-4-3-5-10(11)18-14(19)12-13(15)17-8-7-16-12/h3-8H,2,9H2,1H3,(H2,15,17). The van der Waals surface area contributed by atoms with Crippen LogP contribution in [0.2, 0.25) is 0 Å². The molecule has 0 spiro atoms. The summed E-state index contributed by atoms with van der Waals surface area (Å²) >= 11 is 0. The van der Waals surface area contributed by atoms with Crippen molar-refractivity contribution in [3.05, 3.63) is 36.7 Å². The van der Waals surface area contributed by atoms with Gasteiger partial charge in [0.05, 0.1) is 11.0 Å². The lowest BCUT2D eigenvalue weighted by Crippen LogP contribution is -2.04. The number of nitrogens with two attached hydrogens (primary N) is 1. The summed E-state index contributed by atoms with van der Waals surface area (Å²) in [6.07, 6.45) is 4.25. The van der Waals surface area contributed by atoms with Gasteiger partial charge in [-0.3, -0.25) is 0 Å². The molecule has 2 N–H and O–H groups in total. The second-order valence-electron chi connectivity index (χ2n) is 4.37. The number of hydrogen-bond donors (Lipinski definition) is 1. The predicted octanol–water partition coefficient (Wildman–Crippen LogP) is 2.49. The molecule has 1 aromatic carbocycles. The topological polar surface area (TPSA) is 69.6 Å². The maximum absolute atomic E-state index is 5.91. The first-order valence-electron chi connectivity index (χ1n) is 6.33. The van der Waals surface area contributed by atoms with Crippen molar-refractivity contribution in [1.29, 1.82) is 0 Å². The molecule has 96 valence electrons.